The van der Waals surface area contributed by atoms with E-state index in [4.69, 9.17) is 11.6 Å². The number of carbonyl (C=O) groups excluding carboxylic acids is 2. The zero-order valence-corrected chi connectivity index (χ0v) is 19.5. The summed E-state index contributed by atoms with van der Waals surface area (Å²) < 4.78 is 15.0. The lowest BCUT2D eigenvalue weighted by molar-refractivity contribution is 0.0533. The van der Waals surface area contributed by atoms with Gasteiger partial charge in [-0.15, -0.1) is 11.3 Å². The summed E-state index contributed by atoms with van der Waals surface area (Å²) in [6.07, 6.45) is 3.61. The van der Waals surface area contributed by atoms with Crippen LogP contribution in [0.25, 0.3) is 16.3 Å². The average molecular weight is 496 g/mol. The fourth-order valence-electron chi connectivity index (χ4n) is 3.77. The molecule has 5 rings (SSSR count). The van der Waals surface area contributed by atoms with E-state index in [9.17, 15) is 14.0 Å². The van der Waals surface area contributed by atoms with Crippen LogP contribution in [-0.2, 0) is 0 Å². The van der Waals surface area contributed by atoms with Crippen LogP contribution in [0.1, 0.15) is 20.8 Å². The number of aromatic nitrogens is 3. The molecular weight excluding hydrogens is 477 g/mol. The van der Waals surface area contributed by atoms with Crippen molar-refractivity contribution < 1.29 is 14.0 Å². The summed E-state index contributed by atoms with van der Waals surface area (Å²) in [6, 6.07) is 13.5. The van der Waals surface area contributed by atoms with Crippen molar-refractivity contribution in [3.8, 4) is 16.3 Å². The molecule has 1 aliphatic heterocycles. The van der Waals surface area contributed by atoms with Crippen molar-refractivity contribution in [2.24, 2.45) is 0 Å². The standard InChI is InChI=1S/C24H19ClFN5O2S/c25-20-12-17(26)6-7-19(20)23(32)29-8-10-30(11-9-29)24(33)21-15-34-22(28-21)16-13-27-31(14-16)18-4-2-1-3-5-18/h1-7,12-15H,8-11H2. The Hall–Kier alpha value is -3.56. The number of thiazole rings is 1. The molecule has 0 aliphatic carbocycles. The van der Waals surface area contributed by atoms with Gasteiger partial charge in [-0.3, -0.25) is 9.59 Å². The van der Waals surface area contributed by atoms with Crippen molar-refractivity contribution in [2.75, 3.05) is 26.2 Å². The summed E-state index contributed by atoms with van der Waals surface area (Å²) in [4.78, 5) is 33.6. The van der Waals surface area contributed by atoms with Crippen LogP contribution in [0.2, 0.25) is 5.02 Å². The van der Waals surface area contributed by atoms with Gasteiger partial charge in [-0.05, 0) is 30.3 Å². The summed E-state index contributed by atoms with van der Waals surface area (Å²) in [6.45, 7) is 1.47. The molecule has 0 radical (unpaired) electrons. The molecule has 10 heteroatoms. The van der Waals surface area contributed by atoms with Crippen molar-refractivity contribution >= 4 is 34.8 Å². The van der Waals surface area contributed by atoms with Gasteiger partial charge in [0.25, 0.3) is 11.8 Å². The predicted molar refractivity (Wildman–Crippen MR) is 128 cm³/mol. The third-order valence-corrected chi connectivity index (χ3v) is 6.79. The minimum Gasteiger partial charge on any atom is -0.335 e. The van der Waals surface area contributed by atoms with Crippen LogP contribution in [0.4, 0.5) is 4.39 Å². The number of nitrogens with zero attached hydrogens (tertiary/aromatic N) is 5. The molecule has 7 nitrogen and oxygen atoms in total. The number of amides is 2. The highest BCUT2D eigenvalue weighted by Crippen LogP contribution is 2.25. The van der Waals surface area contributed by atoms with Gasteiger partial charge in [0.2, 0.25) is 0 Å². The van der Waals surface area contributed by atoms with E-state index in [0.717, 1.165) is 17.3 Å². The normalized spacial score (nSPS) is 13.8. The number of piperazine rings is 1. The number of rotatable bonds is 4. The lowest BCUT2D eigenvalue weighted by atomic mass is 10.1. The first-order valence-corrected chi connectivity index (χ1v) is 11.8. The van der Waals surface area contributed by atoms with E-state index in [-0.39, 0.29) is 22.4 Å². The molecule has 0 atom stereocenters. The van der Waals surface area contributed by atoms with Crippen molar-refractivity contribution in [3.05, 3.63) is 88.4 Å². The van der Waals surface area contributed by atoms with Gasteiger partial charge < -0.3 is 9.80 Å². The molecule has 0 bridgehead atoms. The first-order valence-electron chi connectivity index (χ1n) is 10.6. The van der Waals surface area contributed by atoms with Crippen molar-refractivity contribution in [1.82, 2.24) is 24.6 Å². The average Bonchev–Trinajstić information content (AvgIpc) is 3.54. The molecular formula is C24H19ClFN5O2S. The number of hydrogen-bond acceptors (Lipinski definition) is 5. The van der Waals surface area contributed by atoms with Crippen LogP contribution < -0.4 is 0 Å². The second-order valence-electron chi connectivity index (χ2n) is 7.76. The lowest BCUT2D eigenvalue weighted by Gasteiger charge is -2.34. The van der Waals surface area contributed by atoms with Crippen LogP contribution >= 0.6 is 22.9 Å². The summed E-state index contributed by atoms with van der Waals surface area (Å²) in [7, 11) is 0. The van der Waals surface area contributed by atoms with Crippen LogP contribution in [0, 0.1) is 5.82 Å². The largest absolute Gasteiger partial charge is 0.335 e. The summed E-state index contributed by atoms with van der Waals surface area (Å²) in [5.41, 5.74) is 2.40. The molecule has 172 valence electrons. The van der Waals surface area contributed by atoms with Crippen molar-refractivity contribution in [3.63, 3.8) is 0 Å². The topological polar surface area (TPSA) is 71.3 Å². The third-order valence-electron chi connectivity index (χ3n) is 5.59. The molecule has 1 fully saturated rings. The predicted octanol–water partition coefficient (Wildman–Crippen LogP) is 4.39. The molecule has 0 saturated carbocycles. The van der Waals surface area contributed by atoms with E-state index in [2.05, 4.69) is 10.1 Å². The number of hydrogen-bond donors (Lipinski definition) is 0. The fraction of sp³-hybridized carbons (Fsp3) is 0.167. The number of benzene rings is 2. The Labute approximate surface area is 204 Å². The van der Waals surface area contributed by atoms with Gasteiger partial charge in [0.15, 0.2) is 0 Å². The van der Waals surface area contributed by atoms with Gasteiger partial charge in [-0.25, -0.2) is 14.1 Å². The van der Waals surface area contributed by atoms with Gasteiger partial charge in [0.1, 0.15) is 16.5 Å². The molecule has 2 aromatic heterocycles. The van der Waals surface area contributed by atoms with Gasteiger partial charge >= 0.3 is 0 Å². The Kier molecular flexibility index (Phi) is 6.12. The maximum atomic E-state index is 13.3. The zero-order valence-electron chi connectivity index (χ0n) is 17.9. The molecule has 3 heterocycles. The zero-order chi connectivity index (χ0) is 23.7. The van der Waals surface area contributed by atoms with Crippen LogP contribution in [-0.4, -0.2) is 62.6 Å². The van der Waals surface area contributed by atoms with Gasteiger partial charge in [-0.2, -0.15) is 5.10 Å². The van der Waals surface area contributed by atoms with Gasteiger partial charge in [-0.1, -0.05) is 29.8 Å². The molecule has 2 aromatic carbocycles. The van der Waals surface area contributed by atoms with E-state index < -0.39 is 5.82 Å². The number of para-hydroxylation sites is 1. The van der Waals surface area contributed by atoms with Crippen LogP contribution in [0.3, 0.4) is 0 Å². The van der Waals surface area contributed by atoms with E-state index in [1.54, 1.807) is 26.1 Å². The van der Waals surface area contributed by atoms with E-state index in [0.29, 0.717) is 36.9 Å². The lowest BCUT2D eigenvalue weighted by Crippen LogP contribution is -2.50. The van der Waals surface area contributed by atoms with Crippen LogP contribution in [0.15, 0.2) is 66.3 Å². The second kappa shape index (κ2) is 9.36. The van der Waals surface area contributed by atoms with E-state index in [1.165, 1.54) is 23.5 Å². The molecule has 1 aliphatic rings. The first kappa shape index (κ1) is 22.2. The monoisotopic (exact) mass is 495 g/mol. The highest BCUT2D eigenvalue weighted by molar-refractivity contribution is 7.13. The second-order valence-corrected chi connectivity index (χ2v) is 9.02. The Bertz CT molecular complexity index is 1350. The molecule has 34 heavy (non-hydrogen) atoms. The SMILES string of the molecule is O=C(c1csc(-c2cnn(-c3ccccc3)c2)n1)N1CCN(C(=O)c2ccc(F)cc2Cl)CC1. The Balaban J connectivity index is 1.23. The molecule has 2 amide bonds. The highest BCUT2D eigenvalue weighted by Gasteiger charge is 2.27. The molecule has 0 unspecified atom stereocenters. The minimum absolute atomic E-state index is 0.0779. The van der Waals surface area contributed by atoms with Crippen molar-refractivity contribution in [2.45, 2.75) is 0 Å². The molecule has 0 N–H and O–H groups in total. The number of halogens is 2. The molecule has 1 saturated heterocycles. The Morgan fingerprint density at radius 1 is 0.971 bits per heavy atom. The third kappa shape index (κ3) is 4.44. The van der Waals surface area contributed by atoms with E-state index >= 15 is 0 Å². The van der Waals surface area contributed by atoms with Gasteiger partial charge in [0, 0.05) is 43.3 Å². The van der Waals surface area contributed by atoms with Crippen LogP contribution in [0.5, 0.6) is 0 Å². The number of carbonyl (C=O) groups is 2. The van der Waals surface area contributed by atoms with Crippen molar-refractivity contribution in [1.29, 1.82) is 0 Å². The maximum Gasteiger partial charge on any atom is 0.273 e. The smallest absolute Gasteiger partial charge is 0.273 e. The molecule has 4 aromatic rings. The summed E-state index contributed by atoms with van der Waals surface area (Å²) in [5.74, 6) is -0.944. The Morgan fingerprint density at radius 3 is 2.38 bits per heavy atom. The fourth-order valence-corrected chi connectivity index (χ4v) is 4.79. The van der Waals surface area contributed by atoms with E-state index in [1.807, 2.05) is 36.5 Å². The molecule has 0 spiro atoms. The Morgan fingerprint density at radius 2 is 1.68 bits per heavy atom. The maximum absolute atomic E-state index is 13.3. The van der Waals surface area contributed by atoms with Gasteiger partial charge in [0.05, 0.1) is 22.5 Å². The minimum atomic E-state index is -0.494. The summed E-state index contributed by atoms with van der Waals surface area (Å²) >= 11 is 7.41. The highest BCUT2D eigenvalue weighted by atomic mass is 35.5. The quantitative estimate of drug-likeness (QED) is 0.421. The first-order chi connectivity index (χ1) is 16.5. The summed E-state index contributed by atoms with van der Waals surface area (Å²) in [5, 5.41) is 6.92.